The van der Waals surface area contributed by atoms with Crippen LogP contribution in [0.2, 0.25) is 0 Å². The van der Waals surface area contributed by atoms with E-state index in [1.807, 2.05) is 0 Å². The second kappa shape index (κ2) is 14.5. The first kappa shape index (κ1) is 41.0. The summed E-state index contributed by atoms with van der Waals surface area (Å²) in [5, 5.41) is 0. The van der Waals surface area contributed by atoms with Crippen LogP contribution in [-0.4, -0.2) is 0 Å². The van der Waals surface area contributed by atoms with Crippen molar-refractivity contribution in [1.82, 2.24) is 0 Å². The Hall–Kier alpha value is -8.00. The first-order valence-electron chi connectivity index (χ1n) is 25.0. The Morgan fingerprint density at radius 2 is 0.629 bits per heavy atom. The lowest BCUT2D eigenvalue weighted by atomic mass is 9.55. The van der Waals surface area contributed by atoms with E-state index in [4.69, 9.17) is 0 Å². The van der Waals surface area contributed by atoms with Crippen LogP contribution in [0.3, 0.4) is 0 Å². The minimum Gasteiger partial charge on any atom is -0.310 e. The first-order valence-corrected chi connectivity index (χ1v) is 25.0. The quantitative estimate of drug-likeness (QED) is 0.170. The lowest BCUT2D eigenvalue weighted by Crippen LogP contribution is -2.41. The number of hydrogen-bond donors (Lipinski definition) is 0. The van der Waals surface area contributed by atoms with Crippen molar-refractivity contribution in [3.05, 3.63) is 290 Å². The average Bonchev–Trinajstić information content (AvgIpc) is 3.95. The van der Waals surface area contributed by atoms with Gasteiger partial charge in [0.2, 0.25) is 0 Å². The number of hydrogen-bond acceptors (Lipinski definition) is 1. The summed E-state index contributed by atoms with van der Waals surface area (Å²) in [4.78, 5) is 2.53. The number of rotatable bonds is 4. The lowest BCUT2D eigenvalue weighted by Gasteiger charge is -2.47. The van der Waals surface area contributed by atoms with E-state index in [1.165, 1.54) is 122 Å². The Labute approximate surface area is 412 Å². The molecule has 0 saturated heterocycles. The molecular formula is C69H53N. The molecule has 0 N–H and O–H groups in total. The highest BCUT2D eigenvalue weighted by Crippen LogP contribution is 2.65. The van der Waals surface area contributed by atoms with Crippen LogP contribution in [0.25, 0.3) is 44.5 Å². The SMILES string of the molecule is Cc1ccc2c(c1)-c1cc(C)ccc1C21c2ccccc2-c2ccc(N(c3ccc(-c4ccccc4)cc3)c3ccc4c(c3)C3(c5ccccc5-4)c4ccc(C)cc4C(C)(C)c4cc(C)ccc43)cc21. The molecule has 70 heavy (non-hydrogen) atoms. The number of benzene rings is 10. The molecule has 0 aromatic heterocycles. The van der Waals surface area contributed by atoms with Gasteiger partial charge in [-0.1, -0.05) is 212 Å². The topological polar surface area (TPSA) is 3.24 Å². The molecule has 0 bridgehead atoms. The maximum Gasteiger partial charge on any atom is 0.0726 e. The van der Waals surface area contributed by atoms with Crippen molar-refractivity contribution in [3.8, 4) is 44.5 Å². The second-order valence-corrected chi connectivity index (χ2v) is 21.1. The van der Waals surface area contributed by atoms with Crippen LogP contribution in [0.5, 0.6) is 0 Å². The lowest BCUT2D eigenvalue weighted by molar-refractivity contribution is 0.562. The van der Waals surface area contributed by atoms with Crippen molar-refractivity contribution < 1.29 is 0 Å². The summed E-state index contributed by atoms with van der Waals surface area (Å²) in [6, 6.07) is 81.8. The van der Waals surface area contributed by atoms with E-state index < -0.39 is 10.8 Å². The fourth-order valence-electron chi connectivity index (χ4n) is 13.7. The van der Waals surface area contributed by atoms with Gasteiger partial charge in [-0.05, 0) is 164 Å². The molecule has 4 aliphatic carbocycles. The van der Waals surface area contributed by atoms with Gasteiger partial charge in [0.1, 0.15) is 0 Å². The van der Waals surface area contributed by atoms with Crippen LogP contribution in [0.4, 0.5) is 17.1 Å². The van der Waals surface area contributed by atoms with Crippen LogP contribution in [-0.2, 0) is 16.2 Å². The molecular weight excluding hydrogens is 843 g/mol. The molecule has 0 aliphatic heterocycles. The molecule has 4 aliphatic rings. The molecule has 0 atom stereocenters. The van der Waals surface area contributed by atoms with Gasteiger partial charge in [0, 0.05) is 22.5 Å². The van der Waals surface area contributed by atoms with Crippen molar-refractivity contribution in [2.24, 2.45) is 0 Å². The summed E-state index contributed by atoms with van der Waals surface area (Å²) in [7, 11) is 0. The van der Waals surface area contributed by atoms with Crippen LogP contribution in [0, 0.1) is 27.7 Å². The molecule has 1 nitrogen and oxygen atoms in total. The third-order valence-corrected chi connectivity index (χ3v) is 16.8. The fourth-order valence-corrected chi connectivity index (χ4v) is 13.7. The van der Waals surface area contributed by atoms with Crippen molar-refractivity contribution in [2.45, 2.75) is 57.8 Å². The van der Waals surface area contributed by atoms with Gasteiger partial charge in [-0.3, -0.25) is 0 Å². The summed E-state index contributed by atoms with van der Waals surface area (Å²) < 4.78 is 0. The van der Waals surface area contributed by atoms with Gasteiger partial charge in [-0.15, -0.1) is 0 Å². The van der Waals surface area contributed by atoms with E-state index in [1.54, 1.807) is 0 Å². The van der Waals surface area contributed by atoms with Gasteiger partial charge in [-0.2, -0.15) is 0 Å². The highest BCUT2D eigenvalue weighted by atomic mass is 15.1. The summed E-state index contributed by atoms with van der Waals surface area (Å²) in [6.07, 6.45) is 0. The molecule has 0 amide bonds. The normalized spacial score (nSPS) is 15.1. The molecule has 1 heteroatoms. The third kappa shape index (κ3) is 5.33. The molecule has 14 rings (SSSR count). The zero-order valence-electron chi connectivity index (χ0n) is 40.7. The zero-order chi connectivity index (χ0) is 47.3. The van der Waals surface area contributed by atoms with E-state index in [0.29, 0.717) is 0 Å². The van der Waals surface area contributed by atoms with Crippen molar-refractivity contribution in [2.75, 3.05) is 4.90 Å². The van der Waals surface area contributed by atoms with Crippen LogP contribution >= 0.6 is 0 Å². The Kier molecular flexibility index (Phi) is 8.50. The monoisotopic (exact) mass is 895 g/mol. The Balaban J connectivity index is 1.05. The minimum absolute atomic E-state index is 0.192. The van der Waals surface area contributed by atoms with E-state index in [2.05, 4.69) is 259 Å². The highest BCUT2D eigenvalue weighted by molar-refractivity contribution is 5.97. The molecule has 0 heterocycles. The smallest absolute Gasteiger partial charge is 0.0726 e. The molecule has 0 saturated carbocycles. The number of nitrogens with zero attached hydrogens (tertiary/aromatic N) is 1. The molecule has 0 unspecified atom stereocenters. The fraction of sp³-hybridized carbons (Fsp3) is 0.130. The number of fused-ring (bicyclic) bond motifs is 19. The Morgan fingerprint density at radius 1 is 0.257 bits per heavy atom. The second-order valence-electron chi connectivity index (χ2n) is 21.1. The number of anilines is 3. The molecule has 10 aromatic rings. The molecule has 2 spiro atoms. The Bertz CT molecular complexity index is 3740. The molecule has 10 aromatic carbocycles. The van der Waals surface area contributed by atoms with Gasteiger partial charge in [0.05, 0.1) is 10.8 Å². The summed E-state index contributed by atoms with van der Waals surface area (Å²) in [5.74, 6) is 0. The number of aryl methyl sites for hydroxylation is 4. The largest absolute Gasteiger partial charge is 0.310 e. The Morgan fingerprint density at radius 3 is 1.13 bits per heavy atom. The highest BCUT2D eigenvalue weighted by Gasteiger charge is 2.55. The van der Waals surface area contributed by atoms with Gasteiger partial charge < -0.3 is 4.90 Å². The van der Waals surface area contributed by atoms with E-state index in [9.17, 15) is 0 Å². The van der Waals surface area contributed by atoms with Crippen molar-refractivity contribution in [3.63, 3.8) is 0 Å². The minimum atomic E-state index is -0.524. The standard InChI is InChI=1S/C69H53N/c1-42-20-32-59-55(36-42)56-37-43(2)21-33-60(56)68(59)57-18-12-10-16-51(57)53-30-28-49(40-63(53)68)70(48-26-24-47(25-27-48)46-14-8-7-9-15-46)50-29-31-54-52-17-11-13-19-58(52)69(64(54)41-50)61-34-22-44(3)38-65(61)67(5,6)66-39-45(4)23-35-62(66)69/h7-41H,1-6H3. The average molecular weight is 896 g/mol. The van der Waals surface area contributed by atoms with E-state index in [0.717, 1.165) is 17.1 Å². The van der Waals surface area contributed by atoms with Crippen LogP contribution < -0.4 is 4.90 Å². The van der Waals surface area contributed by atoms with Crippen molar-refractivity contribution >= 4 is 17.1 Å². The summed E-state index contributed by atoms with van der Waals surface area (Å²) >= 11 is 0. The molecule has 0 radical (unpaired) electrons. The summed E-state index contributed by atoms with van der Waals surface area (Å²) in [5.41, 5.74) is 31.3. The third-order valence-electron chi connectivity index (χ3n) is 16.8. The zero-order valence-corrected chi connectivity index (χ0v) is 40.7. The maximum absolute atomic E-state index is 2.55. The first-order chi connectivity index (χ1) is 34.1. The van der Waals surface area contributed by atoms with Crippen LogP contribution in [0.1, 0.15) is 91.7 Å². The molecule has 0 fully saturated rings. The van der Waals surface area contributed by atoms with Crippen molar-refractivity contribution in [1.29, 1.82) is 0 Å². The van der Waals surface area contributed by atoms with Gasteiger partial charge >= 0.3 is 0 Å². The predicted molar refractivity (Wildman–Crippen MR) is 291 cm³/mol. The van der Waals surface area contributed by atoms with Gasteiger partial charge in [0.15, 0.2) is 0 Å². The van der Waals surface area contributed by atoms with Gasteiger partial charge in [0.25, 0.3) is 0 Å². The molecule has 334 valence electrons. The van der Waals surface area contributed by atoms with E-state index >= 15 is 0 Å². The maximum atomic E-state index is 2.55. The summed E-state index contributed by atoms with van der Waals surface area (Å²) in [6.45, 7) is 13.8. The predicted octanol–water partition coefficient (Wildman–Crippen LogP) is 17.4. The van der Waals surface area contributed by atoms with E-state index in [-0.39, 0.29) is 5.41 Å². The van der Waals surface area contributed by atoms with Gasteiger partial charge in [-0.25, -0.2) is 0 Å². The van der Waals surface area contributed by atoms with Crippen LogP contribution in [0.15, 0.2) is 212 Å².